The summed E-state index contributed by atoms with van der Waals surface area (Å²) in [5, 5.41) is 13.8. The third-order valence-electron chi connectivity index (χ3n) is 12.7. The highest BCUT2D eigenvalue weighted by atomic mass is 16.5. The summed E-state index contributed by atoms with van der Waals surface area (Å²) in [6.45, 7) is 14.1. The number of rotatable bonds is 20. The van der Waals surface area contributed by atoms with Gasteiger partial charge in [0, 0.05) is 86.4 Å². The molecule has 4 atom stereocenters. The van der Waals surface area contributed by atoms with Gasteiger partial charge in [-0.25, -0.2) is 14.8 Å². The molecule has 71 heavy (non-hydrogen) atoms. The molecule has 0 saturated carbocycles. The Morgan fingerprint density at radius 1 is 0.915 bits per heavy atom. The highest BCUT2D eigenvalue weighted by molar-refractivity contribution is 6.01. The van der Waals surface area contributed by atoms with Crippen molar-refractivity contribution >= 4 is 40.9 Å². The quantitative estimate of drug-likeness (QED) is 0.0427. The van der Waals surface area contributed by atoms with Crippen LogP contribution in [0.5, 0.6) is 11.5 Å². The van der Waals surface area contributed by atoms with E-state index in [0.29, 0.717) is 51.0 Å². The van der Waals surface area contributed by atoms with E-state index in [4.69, 9.17) is 32.1 Å². The molecule has 4 aromatic rings. The second kappa shape index (κ2) is 24.8. The van der Waals surface area contributed by atoms with Crippen LogP contribution in [-0.4, -0.2) is 102 Å². The molecule has 0 aliphatic carbocycles. The van der Waals surface area contributed by atoms with E-state index < -0.39 is 53.3 Å². The van der Waals surface area contributed by atoms with Gasteiger partial charge in [0.15, 0.2) is 23.2 Å². The minimum atomic E-state index is -1.31. The van der Waals surface area contributed by atoms with Crippen molar-refractivity contribution in [1.82, 2.24) is 25.5 Å². The third kappa shape index (κ3) is 14.6. The second-order valence-electron chi connectivity index (χ2n) is 19.6. The maximum Gasteiger partial charge on any atom is 0.312 e. The van der Waals surface area contributed by atoms with Crippen LogP contribution in [0.15, 0.2) is 66.9 Å². The lowest BCUT2D eigenvalue weighted by molar-refractivity contribution is -0.142. The Bertz CT molecular complexity index is 2590. The smallest absolute Gasteiger partial charge is 0.312 e. The summed E-state index contributed by atoms with van der Waals surface area (Å²) in [5.74, 6) is -3.16. The molecule has 0 fully saturated rings. The minimum Gasteiger partial charge on any atom is -0.492 e. The molecule has 4 amide bonds. The zero-order chi connectivity index (χ0) is 52.2. The van der Waals surface area contributed by atoms with Gasteiger partial charge >= 0.3 is 6.03 Å². The summed E-state index contributed by atoms with van der Waals surface area (Å²) in [7, 11) is 1.46. The molecule has 1 aromatic heterocycles. The molecule has 1 aliphatic rings. The molecule has 17 nitrogen and oxygen atoms in total. The largest absolute Gasteiger partial charge is 0.492 e. The van der Waals surface area contributed by atoms with E-state index in [0.717, 1.165) is 11.1 Å². The van der Waals surface area contributed by atoms with Gasteiger partial charge in [0.05, 0.1) is 17.3 Å². The molecule has 4 unspecified atom stereocenters. The minimum absolute atomic E-state index is 0.0203. The van der Waals surface area contributed by atoms with Crippen molar-refractivity contribution in [3.05, 3.63) is 94.8 Å². The standard InChI is InChI=1S/C54H71N9O8/c1-31(2)42(57)15-16-44(64)43-27-34-9-17-47(70-23-20-55)39(26-34)40-28-36(12-18-48(40)71-24-21-56)49(46(66)25-32(3)51(67)62-43)63(8)52(68)37(19-22-59-53(58)69)29-45(65)41-30-60-50(61-33(41)4)35-10-13-38(14-11-35)54(5,6)7/h9-14,17-18,26,28,30-32,37,43,49,57H,15-16,19-25,27,29,55-56H2,1-8H3,(H,62,67)(H3,58,59,69). The van der Waals surface area contributed by atoms with Gasteiger partial charge in [0.1, 0.15) is 30.8 Å². The Morgan fingerprint density at radius 2 is 1.55 bits per heavy atom. The van der Waals surface area contributed by atoms with E-state index in [2.05, 4.69) is 41.4 Å². The van der Waals surface area contributed by atoms with Crippen LogP contribution in [0.4, 0.5) is 4.79 Å². The van der Waals surface area contributed by atoms with Crippen LogP contribution < -0.4 is 37.3 Å². The number of fused-ring (bicyclic) bond motifs is 5. The normalized spacial score (nSPS) is 16.6. The number of nitrogens with zero attached hydrogens (tertiary/aromatic N) is 3. The van der Waals surface area contributed by atoms with Crippen LogP contribution in [0.1, 0.15) is 112 Å². The number of Topliss-reactive ketones (excluding diaryl/α,β-unsaturated/α-hetero) is 3. The van der Waals surface area contributed by atoms with Crippen molar-refractivity contribution in [3.63, 3.8) is 0 Å². The Kier molecular flexibility index (Phi) is 19.2. The Morgan fingerprint density at radius 3 is 2.14 bits per heavy atom. The van der Waals surface area contributed by atoms with Gasteiger partial charge in [-0.3, -0.25) is 24.0 Å². The first-order valence-electron chi connectivity index (χ1n) is 24.3. The van der Waals surface area contributed by atoms with Crippen molar-refractivity contribution < 1.29 is 38.2 Å². The van der Waals surface area contributed by atoms with Gasteiger partial charge < -0.3 is 47.6 Å². The maximum absolute atomic E-state index is 15.0. The first-order chi connectivity index (χ1) is 33.6. The van der Waals surface area contributed by atoms with E-state index in [1.807, 2.05) is 44.2 Å². The average molecular weight is 974 g/mol. The number of nitrogens with one attached hydrogen (secondary N) is 3. The van der Waals surface area contributed by atoms with Gasteiger partial charge in [-0.15, -0.1) is 0 Å². The molecule has 0 saturated heterocycles. The van der Waals surface area contributed by atoms with Crippen LogP contribution in [0, 0.1) is 30.1 Å². The van der Waals surface area contributed by atoms with E-state index >= 15 is 4.79 Å². The lowest BCUT2D eigenvalue weighted by Crippen LogP contribution is -2.46. The number of urea groups is 1. The fraction of sp³-hybridized carbons (Fsp3) is 0.463. The highest BCUT2D eigenvalue weighted by Gasteiger charge is 2.37. The molecule has 0 radical (unpaired) electrons. The predicted octanol–water partition coefficient (Wildman–Crippen LogP) is 6.20. The number of nitrogens with two attached hydrogens (primary N) is 3. The molecule has 9 N–H and O–H groups in total. The van der Waals surface area contributed by atoms with Crippen molar-refractivity contribution in [1.29, 1.82) is 5.41 Å². The van der Waals surface area contributed by atoms with E-state index in [1.54, 1.807) is 44.2 Å². The van der Waals surface area contributed by atoms with Crippen LogP contribution >= 0.6 is 0 Å². The van der Waals surface area contributed by atoms with Crippen molar-refractivity contribution in [2.24, 2.45) is 35.0 Å². The van der Waals surface area contributed by atoms with Gasteiger partial charge in [-0.05, 0) is 78.5 Å². The van der Waals surface area contributed by atoms with Crippen LogP contribution in [0.3, 0.4) is 0 Å². The topological polar surface area (TPSA) is 276 Å². The average Bonchev–Trinajstić information content (AvgIpc) is 3.32. The van der Waals surface area contributed by atoms with Crippen LogP contribution in [0.25, 0.3) is 22.5 Å². The zero-order valence-corrected chi connectivity index (χ0v) is 42.4. The van der Waals surface area contributed by atoms with Crippen molar-refractivity contribution in [3.8, 4) is 34.0 Å². The van der Waals surface area contributed by atoms with E-state index in [1.165, 1.54) is 18.1 Å². The first-order valence-corrected chi connectivity index (χ1v) is 24.3. The molecular weight excluding hydrogens is 903 g/mol. The summed E-state index contributed by atoms with van der Waals surface area (Å²) in [6, 6.07) is 15.2. The predicted molar refractivity (Wildman–Crippen MR) is 273 cm³/mol. The third-order valence-corrected chi connectivity index (χ3v) is 12.7. The monoisotopic (exact) mass is 974 g/mol. The molecular formula is C54H71N9O8. The fourth-order valence-electron chi connectivity index (χ4n) is 8.51. The fourth-order valence-corrected chi connectivity index (χ4v) is 8.51. The number of likely N-dealkylation sites (N-methyl/N-ethyl adjacent to an activating group) is 1. The zero-order valence-electron chi connectivity index (χ0n) is 42.4. The number of primary amides is 1. The summed E-state index contributed by atoms with van der Waals surface area (Å²) >= 11 is 0. The molecule has 3 aromatic carbocycles. The maximum atomic E-state index is 15.0. The molecule has 380 valence electrons. The number of ether oxygens (including phenoxy) is 2. The summed E-state index contributed by atoms with van der Waals surface area (Å²) < 4.78 is 12.3. The second-order valence-corrected chi connectivity index (χ2v) is 19.6. The molecule has 0 spiro atoms. The Labute approximate surface area is 416 Å². The number of carbonyl (C=O) groups excluding carboxylic acids is 6. The SMILES string of the molecule is Cc1nc(-c2ccc(C(C)(C)C)cc2)ncc1C(=O)CC(CCNC(N)=O)C(=O)N(C)C1C(=O)CC(C)C(=O)NC(C(=O)CCC(=N)C(C)C)Cc2ccc(OCCN)c(c2)-c2cc1ccc2OCCN. The Hall–Kier alpha value is -6.85. The van der Waals surface area contributed by atoms with Gasteiger partial charge in [0.25, 0.3) is 0 Å². The van der Waals surface area contributed by atoms with Crippen LogP contribution in [-0.2, 0) is 31.0 Å². The van der Waals surface area contributed by atoms with Crippen molar-refractivity contribution in [2.75, 3.05) is 39.9 Å². The molecule has 5 rings (SSSR count). The number of carbonyl (C=O) groups is 6. The van der Waals surface area contributed by atoms with E-state index in [9.17, 15) is 24.0 Å². The Balaban J connectivity index is 1.58. The van der Waals surface area contributed by atoms with Gasteiger partial charge in [0.2, 0.25) is 11.8 Å². The molecule has 17 heteroatoms. The number of hydrogen-bond acceptors (Lipinski definition) is 13. The number of aromatic nitrogens is 2. The number of aryl methyl sites for hydroxylation is 1. The number of ketones is 3. The number of hydrogen-bond donors (Lipinski definition) is 6. The first kappa shape index (κ1) is 55.1. The lowest BCUT2D eigenvalue weighted by Gasteiger charge is -2.32. The number of benzene rings is 3. The van der Waals surface area contributed by atoms with Crippen molar-refractivity contribution in [2.45, 2.75) is 104 Å². The highest BCUT2D eigenvalue weighted by Crippen LogP contribution is 2.41. The van der Waals surface area contributed by atoms with E-state index in [-0.39, 0.29) is 94.1 Å². The lowest BCUT2D eigenvalue weighted by atomic mass is 9.86. The summed E-state index contributed by atoms with van der Waals surface area (Å²) in [5.41, 5.74) is 22.2. The molecule has 4 bridgehead atoms. The van der Waals surface area contributed by atoms with Crippen LogP contribution in [0.2, 0.25) is 0 Å². The summed E-state index contributed by atoms with van der Waals surface area (Å²) in [6.07, 6.45) is 1.12. The molecule has 1 aliphatic heterocycles. The van der Waals surface area contributed by atoms with Gasteiger partial charge in [-0.2, -0.15) is 0 Å². The summed E-state index contributed by atoms with van der Waals surface area (Å²) in [4.78, 5) is 94.4. The van der Waals surface area contributed by atoms with Gasteiger partial charge in [-0.1, -0.05) is 77.9 Å². The molecule has 2 heterocycles. The number of amides is 4.